The van der Waals surface area contributed by atoms with Gasteiger partial charge in [0.15, 0.2) is 0 Å². The van der Waals surface area contributed by atoms with E-state index in [4.69, 9.17) is 11.6 Å². The molecule has 24 heavy (non-hydrogen) atoms. The Morgan fingerprint density at radius 3 is 3.21 bits per heavy atom. The Kier molecular flexibility index (Phi) is 3.98. The molecule has 4 nitrogen and oxygen atoms in total. The monoisotopic (exact) mass is 339 g/mol. The average molecular weight is 340 g/mol. The Hall–Kier alpha value is -2.33. The highest BCUT2D eigenvalue weighted by molar-refractivity contribution is 6.30. The summed E-state index contributed by atoms with van der Waals surface area (Å²) >= 11 is 5.98. The van der Waals surface area contributed by atoms with E-state index in [0.717, 1.165) is 24.1 Å². The maximum absolute atomic E-state index is 12.4. The number of hydrogen-bond donors (Lipinski definition) is 1. The van der Waals surface area contributed by atoms with Gasteiger partial charge in [-0.25, -0.2) is 4.98 Å². The SMILES string of the molecule is O=C(CC1C2=C(CCC=C2)c2cncn21)NCc1cccc(Cl)c1. The topological polar surface area (TPSA) is 46.9 Å². The molecule has 1 aromatic heterocycles. The predicted molar refractivity (Wildman–Crippen MR) is 94.5 cm³/mol. The van der Waals surface area contributed by atoms with Crippen LogP contribution in [0.15, 0.2) is 54.5 Å². The number of benzene rings is 1. The molecule has 0 fully saturated rings. The molecule has 1 N–H and O–H groups in total. The van der Waals surface area contributed by atoms with Gasteiger partial charge in [0.2, 0.25) is 5.91 Å². The lowest BCUT2D eigenvalue weighted by Gasteiger charge is -2.17. The first-order valence-electron chi connectivity index (χ1n) is 8.15. The molecule has 2 aliphatic rings. The summed E-state index contributed by atoms with van der Waals surface area (Å²) in [5.41, 5.74) is 4.75. The number of imidazole rings is 1. The number of amides is 1. The minimum absolute atomic E-state index is 0.0346. The molecule has 0 radical (unpaired) electrons. The van der Waals surface area contributed by atoms with Gasteiger partial charge in [0.05, 0.1) is 30.7 Å². The van der Waals surface area contributed by atoms with Gasteiger partial charge in [-0.05, 0) is 41.7 Å². The van der Waals surface area contributed by atoms with Crippen molar-refractivity contribution in [2.24, 2.45) is 0 Å². The van der Waals surface area contributed by atoms with Crippen LogP contribution in [0, 0.1) is 0 Å². The number of halogens is 1. The second-order valence-electron chi connectivity index (χ2n) is 6.19. The molecule has 5 heteroatoms. The number of fused-ring (bicyclic) bond motifs is 2. The van der Waals surface area contributed by atoms with Crippen molar-refractivity contribution in [3.05, 3.63) is 70.8 Å². The molecular weight excluding hydrogens is 322 g/mol. The summed E-state index contributed by atoms with van der Waals surface area (Å²) < 4.78 is 2.12. The van der Waals surface area contributed by atoms with Crippen molar-refractivity contribution in [2.75, 3.05) is 0 Å². The average Bonchev–Trinajstić information content (AvgIpc) is 3.16. The van der Waals surface area contributed by atoms with E-state index in [1.807, 2.05) is 36.8 Å². The van der Waals surface area contributed by atoms with Gasteiger partial charge in [0.25, 0.3) is 0 Å². The fourth-order valence-electron chi connectivity index (χ4n) is 3.51. The number of rotatable bonds is 4. The molecule has 1 atom stereocenters. The number of carbonyl (C=O) groups is 1. The van der Waals surface area contributed by atoms with E-state index in [1.54, 1.807) is 0 Å². The summed E-state index contributed by atoms with van der Waals surface area (Å²) in [5.74, 6) is 0.0346. The highest BCUT2D eigenvalue weighted by atomic mass is 35.5. The molecule has 2 aromatic rings. The summed E-state index contributed by atoms with van der Waals surface area (Å²) in [5, 5.41) is 3.68. The first kappa shape index (κ1) is 15.2. The Morgan fingerprint density at radius 1 is 1.42 bits per heavy atom. The molecule has 0 spiro atoms. The highest BCUT2D eigenvalue weighted by Gasteiger charge is 2.31. The van der Waals surface area contributed by atoms with Crippen molar-refractivity contribution < 1.29 is 4.79 Å². The summed E-state index contributed by atoms with van der Waals surface area (Å²) in [6.45, 7) is 0.491. The third kappa shape index (κ3) is 2.78. The molecule has 1 aliphatic heterocycles. The quantitative estimate of drug-likeness (QED) is 0.918. The highest BCUT2D eigenvalue weighted by Crippen LogP contribution is 2.42. The summed E-state index contributed by atoms with van der Waals surface area (Å²) in [6, 6.07) is 7.60. The molecule has 1 unspecified atom stereocenters. The Labute approximate surface area is 145 Å². The van der Waals surface area contributed by atoms with Gasteiger partial charge < -0.3 is 9.88 Å². The molecule has 2 heterocycles. The minimum Gasteiger partial charge on any atom is -0.352 e. The Balaban J connectivity index is 1.46. The molecule has 0 saturated heterocycles. The van der Waals surface area contributed by atoms with Crippen molar-refractivity contribution in [3.63, 3.8) is 0 Å². The van der Waals surface area contributed by atoms with Gasteiger partial charge in [-0.15, -0.1) is 0 Å². The number of aromatic nitrogens is 2. The Morgan fingerprint density at radius 2 is 2.33 bits per heavy atom. The van der Waals surface area contributed by atoms with Crippen LogP contribution in [-0.2, 0) is 11.3 Å². The molecular formula is C19H18ClN3O. The molecule has 4 rings (SSSR count). The molecule has 122 valence electrons. The van der Waals surface area contributed by atoms with E-state index in [0.29, 0.717) is 18.0 Å². The number of allylic oxidation sites excluding steroid dienone is 4. The molecule has 1 amide bonds. The fourth-order valence-corrected chi connectivity index (χ4v) is 3.72. The van der Waals surface area contributed by atoms with Crippen LogP contribution in [0.25, 0.3) is 5.57 Å². The zero-order chi connectivity index (χ0) is 16.5. The number of carbonyl (C=O) groups excluding carboxylic acids is 1. The first-order chi connectivity index (χ1) is 11.7. The van der Waals surface area contributed by atoms with E-state index >= 15 is 0 Å². The van der Waals surface area contributed by atoms with Gasteiger partial charge >= 0.3 is 0 Å². The van der Waals surface area contributed by atoms with Crippen LogP contribution in [0.5, 0.6) is 0 Å². The zero-order valence-electron chi connectivity index (χ0n) is 13.2. The predicted octanol–water partition coefficient (Wildman–Crippen LogP) is 3.90. The number of hydrogen-bond acceptors (Lipinski definition) is 2. The van der Waals surface area contributed by atoms with Gasteiger partial charge in [0.1, 0.15) is 0 Å². The molecule has 1 aliphatic carbocycles. The van der Waals surface area contributed by atoms with Crippen molar-refractivity contribution in [1.29, 1.82) is 0 Å². The lowest BCUT2D eigenvalue weighted by atomic mass is 9.93. The van der Waals surface area contributed by atoms with Gasteiger partial charge in [0, 0.05) is 11.6 Å². The lowest BCUT2D eigenvalue weighted by Crippen LogP contribution is -2.26. The number of nitrogens with zero attached hydrogens (tertiary/aromatic N) is 2. The van der Waals surface area contributed by atoms with Crippen LogP contribution in [-0.4, -0.2) is 15.5 Å². The normalized spacial score (nSPS) is 18.5. The standard InChI is InChI=1S/C19H18ClN3O/c20-14-5-3-4-13(8-14)10-22-19(24)9-17-15-6-1-2-7-16(15)18-11-21-12-23(17)18/h1,3-6,8,11-12,17H,2,7,9-10H2,(H,22,24). The largest absolute Gasteiger partial charge is 0.352 e. The van der Waals surface area contributed by atoms with Crippen LogP contribution >= 0.6 is 11.6 Å². The van der Waals surface area contributed by atoms with E-state index < -0.39 is 0 Å². The van der Waals surface area contributed by atoms with Gasteiger partial charge in [-0.2, -0.15) is 0 Å². The van der Waals surface area contributed by atoms with Crippen LogP contribution in [0.3, 0.4) is 0 Å². The van der Waals surface area contributed by atoms with Crippen LogP contribution in [0.2, 0.25) is 5.02 Å². The minimum atomic E-state index is 0.0346. The summed E-state index contributed by atoms with van der Waals surface area (Å²) in [4.78, 5) is 16.7. The number of nitrogens with one attached hydrogen (secondary N) is 1. The van der Waals surface area contributed by atoms with Crippen LogP contribution in [0.4, 0.5) is 0 Å². The second kappa shape index (κ2) is 6.29. The van der Waals surface area contributed by atoms with Crippen molar-refractivity contribution in [3.8, 4) is 0 Å². The zero-order valence-corrected chi connectivity index (χ0v) is 14.0. The summed E-state index contributed by atoms with van der Waals surface area (Å²) in [6.07, 6.45) is 10.6. The van der Waals surface area contributed by atoms with Crippen molar-refractivity contribution in [1.82, 2.24) is 14.9 Å². The van der Waals surface area contributed by atoms with E-state index in [2.05, 4.69) is 27.0 Å². The fraction of sp³-hybridized carbons (Fsp3) is 0.263. The molecule has 0 saturated carbocycles. The van der Waals surface area contributed by atoms with E-state index in [1.165, 1.54) is 11.1 Å². The molecule has 1 aromatic carbocycles. The van der Waals surface area contributed by atoms with Crippen LogP contribution in [0.1, 0.15) is 36.6 Å². The van der Waals surface area contributed by atoms with E-state index in [9.17, 15) is 4.79 Å². The smallest absolute Gasteiger partial charge is 0.222 e. The second-order valence-corrected chi connectivity index (χ2v) is 6.62. The third-order valence-electron chi connectivity index (χ3n) is 4.63. The maximum atomic E-state index is 12.4. The first-order valence-corrected chi connectivity index (χ1v) is 8.53. The van der Waals surface area contributed by atoms with Crippen molar-refractivity contribution in [2.45, 2.75) is 31.8 Å². The third-order valence-corrected chi connectivity index (χ3v) is 4.87. The van der Waals surface area contributed by atoms with Crippen LogP contribution < -0.4 is 5.32 Å². The van der Waals surface area contributed by atoms with E-state index in [-0.39, 0.29) is 11.9 Å². The summed E-state index contributed by atoms with van der Waals surface area (Å²) in [7, 11) is 0. The maximum Gasteiger partial charge on any atom is 0.222 e. The van der Waals surface area contributed by atoms with Crippen molar-refractivity contribution >= 4 is 23.1 Å². The molecule has 0 bridgehead atoms. The van der Waals surface area contributed by atoms with Gasteiger partial charge in [-0.3, -0.25) is 4.79 Å². The van der Waals surface area contributed by atoms with Gasteiger partial charge in [-0.1, -0.05) is 35.9 Å². The lowest BCUT2D eigenvalue weighted by molar-refractivity contribution is -0.121. The Bertz CT molecular complexity index is 850.